The molecule has 0 unspecified atom stereocenters. The molecule has 13 heavy (non-hydrogen) atoms. The van der Waals surface area contributed by atoms with Crippen molar-refractivity contribution in [1.29, 1.82) is 0 Å². The van der Waals surface area contributed by atoms with Gasteiger partial charge in [0.25, 0.3) is 5.56 Å². The summed E-state index contributed by atoms with van der Waals surface area (Å²) in [6, 6.07) is 1.76. The summed E-state index contributed by atoms with van der Waals surface area (Å²) in [5.74, 6) is 0. The molecule has 0 aliphatic rings. The molecule has 0 saturated heterocycles. The summed E-state index contributed by atoms with van der Waals surface area (Å²) < 4.78 is 1.99. The maximum absolute atomic E-state index is 11.3. The van der Waals surface area contributed by atoms with Crippen molar-refractivity contribution in [2.75, 3.05) is 0 Å². The van der Waals surface area contributed by atoms with Crippen LogP contribution in [-0.2, 0) is 6.42 Å². The largest absolute Gasteiger partial charge is 0.290 e. The molecule has 2 heterocycles. The Morgan fingerprint density at radius 2 is 2.46 bits per heavy atom. The number of H-pyrrole nitrogens is 1. The Labute approximate surface area is 81.9 Å². The van der Waals surface area contributed by atoms with E-state index < -0.39 is 0 Å². The van der Waals surface area contributed by atoms with E-state index in [-0.39, 0.29) is 5.56 Å². The lowest BCUT2D eigenvalue weighted by Gasteiger charge is -1.92. The van der Waals surface area contributed by atoms with Gasteiger partial charge in [-0.3, -0.25) is 4.79 Å². The number of nitrogens with zero attached hydrogens (tertiary/aromatic N) is 3. The van der Waals surface area contributed by atoms with Gasteiger partial charge >= 0.3 is 0 Å². The maximum atomic E-state index is 11.3. The number of hydrogen-bond acceptors (Lipinski definition) is 3. The third-order valence-corrected chi connectivity index (χ3v) is 2.29. The Kier molecular flexibility index (Phi) is 1.91. The molecule has 2 rings (SSSR count). The molecule has 0 fully saturated rings. The zero-order valence-electron chi connectivity index (χ0n) is 6.91. The minimum atomic E-state index is -0.226. The van der Waals surface area contributed by atoms with E-state index in [1.54, 1.807) is 6.07 Å². The van der Waals surface area contributed by atoms with E-state index in [0.29, 0.717) is 10.3 Å². The van der Waals surface area contributed by atoms with Crippen molar-refractivity contribution in [1.82, 2.24) is 19.8 Å². The fourth-order valence-corrected chi connectivity index (χ4v) is 1.47. The van der Waals surface area contributed by atoms with Crippen LogP contribution >= 0.6 is 15.9 Å². The summed E-state index contributed by atoms with van der Waals surface area (Å²) in [6.07, 6.45) is 0.799. The molecule has 6 heteroatoms. The number of aryl methyl sites for hydroxylation is 1. The van der Waals surface area contributed by atoms with Crippen LogP contribution in [-0.4, -0.2) is 19.8 Å². The Morgan fingerprint density at radius 3 is 3.08 bits per heavy atom. The molecule has 5 nitrogen and oxygen atoms in total. The van der Waals surface area contributed by atoms with E-state index in [0.717, 1.165) is 12.1 Å². The zero-order chi connectivity index (χ0) is 9.42. The van der Waals surface area contributed by atoms with Gasteiger partial charge in [-0.05, 0) is 28.4 Å². The van der Waals surface area contributed by atoms with Crippen LogP contribution in [0.5, 0.6) is 0 Å². The Hall–Kier alpha value is -1.17. The van der Waals surface area contributed by atoms with Crippen molar-refractivity contribution in [3.05, 3.63) is 26.8 Å². The minimum absolute atomic E-state index is 0.226. The standard InChI is InChI=1S/C7H7BrN4O/c1-2-4-3-5-6(13)9-10-7(8)12(5)11-4/h3H,2H2,1H3,(H,9,13). The topological polar surface area (TPSA) is 63.0 Å². The summed E-state index contributed by atoms with van der Waals surface area (Å²) in [7, 11) is 0. The molecule has 0 spiro atoms. The summed E-state index contributed by atoms with van der Waals surface area (Å²) in [5, 5.41) is 10.3. The van der Waals surface area contributed by atoms with Crippen LogP contribution in [0.4, 0.5) is 0 Å². The van der Waals surface area contributed by atoms with Gasteiger partial charge in [-0.1, -0.05) is 6.92 Å². The Balaban J connectivity index is 2.88. The molecule has 0 aliphatic heterocycles. The summed E-state index contributed by atoms with van der Waals surface area (Å²) >= 11 is 3.19. The third-order valence-electron chi connectivity index (χ3n) is 1.78. The molecule has 0 aromatic carbocycles. The van der Waals surface area contributed by atoms with Crippen molar-refractivity contribution in [3.63, 3.8) is 0 Å². The van der Waals surface area contributed by atoms with E-state index in [1.807, 2.05) is 6.92 Å². The monoisotopic (exact) mass is 242 g/mol. The predicted molar refractivity (Wildman–Crippen MR) is 50.7 cm³/mol. The molecule has 2 aromatic heterocycles. The van der Waals surface area contributed by atoms with Gasteiger partial charge in [0.15, 0.2) is 0 Å². The summed E-state index contributed by atoms with van der Waals surface area (Å²) in [6.45, 7) is 1.98. The lowest BCUT2D eigenvalue weighted by Crippen LogP contribution is -2.12. The molecule has 0 amide bonds. The number of fused-ring (bicyclic) bond motifs is 1. The van der Waals surface area contributed by atoms with Gasteiger partial charge in [-0.15, -0.1) is 5.10 Å². The highest BCUT2D eigenvalue weighted by Gasteiger charge is 2.06. The van der Waals surface area contributed by atoms with E-state index in [1.165, 1.54) is 4.52 Å². The third kappa shape index (κ3) is 1.27. The van der Waals surface area contributed by atoms with Crippen LogP contribution in [0, 0.1) is 0 Å². The van der Waals surface area contributed by atoms with Gasteiger partial charge in [-0.2, -0.15) is 5.10 Å². The highest BCUT2D eigenvalue weighted by molar-refractivity contribution is 9.10. The van der Waals surface area contributed by atoms with Crippen LogP contribution in [0.15, 0.2) is 15.6 Å². The zero-order valence-corrected chi connectivity index (χ0v) is 8.50. The van der Waals surface area contributed by atoms with Crippen LogP contribution in [0.1, 0.15) is 12.6 Å². The van der Waals surface area contributed by atoms with Crippen LogP contribution < -0.4 is 5.56 Å². The van der Waals surface area contributed by atoms with Crippen LogP contribution in [0.25, 0.3) is 5.52 Å². The highest BCUT2D eigenvalue weighted by atomic mass is 79.9. The van der Waals surface area contributed by atoms with Gasteiger partial charge in [-0.25, -0.2) is 9.61 Å². The molecule has 0 radical (unpaired) electrons. The minimum Gasteiger partial charge on any atom is -0.266 e. The van der Waals surface area contributed by atoms with Crippen molar-refractivity contribution in [2.45, 2.75) is 13.3 Å². The summed E-state index contributed by atoms with van der Waals surface area (Å²) in [4.78, 5) is 11.3. The second kappa shape index (κ2) is 2.95. The molecule has 0 saturated carbocycles. The molecular formula is C7H7BrN4O. The number of halogens is 1. The quantitative estimate of drug-likeness (QED) is 0.803. The molecular weight excluding hydrogens is 236 g/mol. The first kappa shape index (κ1) is 8.43. The number of aromatic nitrogens is 4. The molecule has 0 aliphatic carbocycles. The normalized spacial score (nSPS) is 10.9. The van der Waals surface area contributed by atoms with Crippen molar-refractivity contribution in [3.8, 4) is 0 Å². The molecule has 68 valence electrons. The first-order chi connectivity index (χ1) is 6.22. The predicted octanol–water partition coefficient (Wildman–Crippen LogP) is 0.742. The van der Waals surface area contributed by atoms with Gasteiger partial charge in [0.1, 0.15) is 5.52 Å². The second-order valence-electron chi connectivity index (χ2n) is 2.61. The smallest absolute Gasteiger partial charge is 0.266 e. The molecule has 0 bridgehead atoms. The molecule has 0 atom stereocenters. The number of nitrogens with one attached hydrogen (secondary N) is 1. The van der Waals surface area contributed by atoms with Crippen molar-refractivity contribution in [2.24, 2.45) is 0 Å². The molecule has 1 N–H and O–H groups in total. The highest BCUT2D eigenvalue weighted by Crippen LogP contribution is 2.07. The van der Waals surface area contributed by atoms with E-state index in [2.05, 4.69) is 31.2 Å². The average Bonchev–Trinajstić information content (AvgIpc) is 2.56. The average molecular weight is 243 g/mol. The maximum Gasteiger partial charge on any atom is 0.290 e. The van der Waals surface area contributed by atoms with Crippen LogP contribution in [0.3, 0.4) is 0 Å². The first-order valence-electron chi connectivity index (χ1n) is 3.85. The van der Waals surface area contributed by atoms with Gasteiger partial charge in [0.2, 0.25) is 4.73 Å². The lowest BCUT2D eigenvalue weighted by atomic mass is 10.3. The van der Waals surface area contributed by atoms with Gasteiger partial charge < -0.3 is 0 Å². The van der Waals surface area contributed by atoms with Gasteiger partial charge in [0.05, 0.1) is 5.69 Å². The summed E-state index contributed by atoms with van der Waals surface area (Å²) in [5.41, 5.74) is 1.16. The first-order valence-corrected chi connectivity index (χ1v) is 4.64. The van der Waals surface area contributed by atoms with E-state index in [4.69, 9.17) is 0 Å². The van der Waals surface area contributed by atoms with E-state index in [9.17, 15) is 4.79 Å². The fraction of sp³-hybridized carbons (Fsp3) is 0.286. The number of aromatic amines is 1. The number of rotatable bonds is 1. The second-order valence-corrected chi connectivity index (χ2v) is 3.32. The van der Waals surface area contributed by atoms with Crippen molar-refractivity contribution >= 4 is 21.4 Å². The lowest BCUT2D eigenvalue weighted by molar-refractivity contribution is 0.795. The van der Waals surface area contributed by atoms with E-state index >= 15 is 0 Å². The van der Waals surface area contributed by atoms with Crippen LogP contribution in [0.2, 0.25) is 0 Å². The number of hydrogen-bond donors (Lipinski definition) is 1. The van der Waals surface area contributed by atoms with Gasteiger partial charge in [0, 0.05) is 0 Å². The SMILES string of the molecule is CCc1cc2c(=O)[nH]nc(Br)n2n1. The fourth-order valence-electron chi connectivity index (χ4n) is 1.11. The van der Waals surface area contributed by atoms with Crippen molar-refractivity contribution < 1.29 is 0 Å². The Bertz CT molecular complexity index is 501. The Morgan fingerprint density at radius 1 is 1.69 bits per heavy atom. The molecule has 2 aromatic rings.